The Kier molecular flexibility index (Phi) is 6.50. The van der Waals surface area contributed by atoms with E-state index in [4.69, 9.17) is 4.74 Å². The molecular weight excluding hydrogens is 330 g/mol. The molecule has 0 saturated carbocycles. The van der Waals surface area contributed by atoms with Gasteiger partial charge in [-0.05, 0) is 56.2 Å². The molecule has 0 spiro atoms. The Balaban J connectivity index is 1.42. The molecule has 1 saturated heterocycles. The van der Waals surface area contributed by atoms with Gasteiger partial charge in [-0.2, -0.15) is 0 Å². The lowest BCUT2D eigenvalue weighted by Gasteiger charge is -2.30. The average molecular weight is 359 g/mol. The summed E-state index contributed by atoms with van der Waals surface area (Å²) < 4.78 is 5.43. The van der Waals surface area contributed by atoms with Crippen molar-refractivity contribution in [1.29, 1.82) is 0 Å². The van der Waals surface area contributed by atoms with Gasteiger partial charge in [0.15, 0.2) is 0 Å². The summed E-state index contributed by atoms with van der Waals surface area (Å²) in [5, 5.41) is 5.35. The summed E-state index contributed by atoms with van der Waals surface area (Å²) in [7, 11) is 0. The second-order valence-corrected chi connectivity index (χ2v) is 7.00. The zero-order valence-corrected chi connectivity index (χ0v) is 15.6. The van der Waals surface area contributed by atoms with Crippen molar-refractivity contribution in [2.45, 2.75) is 45.1 Å². The van der Waals surface area contributed by atoms with Crippen LogP contribution in [0.2, 0.25) is 0 Å². The second-order valence-electron chi connectivity index (χ2n) is 7.00. The Morgan fingerprint density at radius 2 is 2.08 bits per heavy atom. The van der Waals surface area contributed by atoms with E-state index in [1.165, 1.54) is 23.2 Å². The molecule has 6 nitrogen and oxygen atoms in total. The van der Waals surface area contributed by atoms with Crippen molar-refractivity contribution in [3.63, 3.8) is 0 Å². The van der Waals surface area contributed by atoms with Crippen LogP contribution in [-0.4, -0.2) is 50.7 Å². The molecule has 2 heterocycles. The molecule has 26 heavy (non-hydrogen) atoms. The monoisotopic (exact) mass is 359 g/mol. The number of hydrogen-bond donors (Lipinski definition) is 2. The van der Waals surface area contributed by atoms with Crippen molar-refractivity contribution in [2.24, 2.45) is 0 Å². The number of fused-ring (bicyclic) bond motifs is 1. The highest BCUT2D eigenvalue weighted by atomic mass is 16.5. The maximum absolute atomic E-state index is 11.9. The number of ether oxygens (including phenoxy) is 1. The van der Waals surface area contributed by atoms with Crippen LogP contribution in [0.15, 0.2) is 18.2 Å². The second kappa shape index (κ2) is 9.03. The molecule has 1 fully saturated rings. The third-order valence-electron chi connectivity index (χ3n) is 5.16. The molecule has 2 N–H and O–H groups in total. The average Bonchev–Trinajstić information content (AvgIpc) is 3.18. The maximum Gasteiger partial charge on any atom is 0.309 e. The molecule has 1 aromatic rings. The highest BCUT2D eigenvalue weighted by molar-refractivity contribution is 6.35. The Labute approximate surface area is 155 Å². The van der Waals surface area contributed by atoms with Gasteiger partial charge >= 0.3 is 11.8 Å². The fourth-order valence-electron chi connectivity index (χ4n) is 3.71. The number of amides is 2. The highest BCUT2D eigenvalue weighted by Crippen LogP contribution is 2.27. The minimum absolute atomic E-state index is 0.0462. The van der Waals surface area contributed by atoms with Gasteiger partial charge in [-0.25, -0.2) is 0 Å². The molecule has 2 amide bonds. The van der Waals surface area contributed by atoms with Gasteiger partial charge in [-0.3, -0.25) is 9.59 Å². The third kappa shape index (κ3) is 4.75. The third-order valence-corrected chi connectivity index (χ3v) is 5.16. The molecule has 3 rings (SSSR count). The van der Waals surface area contributed by atoms with Gasteiger partial charge < -0.3 is 20.3 Å². The molecule has 0 aromatic heterocycles. The first-order valence-electron chi connectivity index (χ1n) is 9.71. The van der Waals surface area contributed by atoms with E-state index in [2.05, 4.69) is 40.7 Å². The van der Waals surface area contributed by atoms with Gasteiger partial charge in [-0.1, -0.05) is 12.1 Å². The summed E-state index contributed by atoms with van der Waals surface area (Å²) in [6.07, 6.45) is 5.03. The summed E-state index contributed by atoms with van der Waals surface area (Å²) in [6, 6.07) is 6.54. The molecule has 1 unspecified atom stereocenters. The van der Waals surface area contributed by atoms with E-state index < -0.39 is 11.8 Å². The van der Waals surface area contributed by atoms with Crippen LogP contribution < -0.4 is 15.5 Å². The van der Waals surface area contributed by atoms with Crippen LogP contribution in [0, 0.1) is 0 Å². The Morgan fingerprint density at radius 3 is 2.85 bits per heavy atom. The molecule has 2 aliphatic rings. The van der Waals surface area contributed by atoms with E-state index in [1.54, 1.807) is 0 Å². The Bertz CT molecular complexity index is 641. The molecule has 1 atom stereocenters. The zero-order chi connectivity index (χ0) is 18.4. The number of benzene rings is 1. The number of carbonyl (C=O) groups excluding carboxylic acids is 2. The van der Waals surface area contributed by atoms with Crippen molar-refractivity contribution >= 4 is 17.5 Å². The summed E-state index contributed by atoms with van der Waals surface area (Å²) in [6.45, 7) is 5.95. The van der Waals surface area contributed by atoms with Crippen LogP contribution in [0.25, 0.3) is 0 Å². The highest BCUT2D eigenvalue weighted by Gasteiger charge is 2.19. The fraction of sp³-hybridized carbons (Fsp3) is 0.600. The Hall–Kier alpha value is -2.08. The van der Waals surface area contributed by atoms with Crippen molar-refractivity contribution in [2.75, 3.05) is 37.7 Å². The number of hydrogen-bond acceptors (Lipinski definition) is 4. The van der Waals surface area contributed by atoms with Gasteiger partial charge in [0.05, 0.1) is 6.10 Å². The van der Waals surface area contributed by atoms with Crippen molar-refractivity contribution in [3.05, 3.63) is 29.3 Å². The van der Waals surface area contributed by atoms with E-state index in [-0.39, 0.29) is 6.10 Å². The molecule has 142 valence electrons. The molecule has 1 aromatic carbocycles. The predicted octanol–water partition coefficient (Wildman–Crippen LogP) is 1.41. The lowest BCUT2D eigenvalue weighted by molar-refractivity contribution is -0.139. The first kappa shape index (κ1) is 18.7. The van der Waals surface area contributed by atoms with Crippen molar-refractivity contribution in [1.82, 2.24) is 10.6 Å². The van der Waals surface area contributed by atoms with Crippen LogP contribution in [0.3, 0.4) is 0 Å². The standard InChI is InChI=1S/C20H29N3O3/c1-2-23-11-3-5-16-13-15(7-8-18(16)23)9-10-21-19(24)20(25)22-14-17-6-4-12-26-17/h7-8,13,17H,2-6,9-12,14H2,1H3,(H,21,24)(H,22,25). The first-order valence-corrected chi connectivity index (χ1v) is 9.71. The maximum atomic E-state index is 11.9. The van der Waals surface area contributed by atoms with Crippen LogP contribution in [-0.2, 0) is 27.2 Å². The number of rotatable bonds is 6. The normalized spacial score (nSPS) is 19.1. The zero-order valence-electron chi connectivity index (χ0n) is 15.6. The number of anilines is 1. The van der Waals surface area contributed by atoms with Crippen LogP contribution in [0.5, 0.6) is 0 Å². The number of nitrogens with one attached hydrogen (secondary N) is 2. The first-order chi connectivity index (χ1) is 12.7. The lowest BCUT2D eigenvalue weighted by atomic mass is 9.98. The fourth-order valence-corrected chi connectivity index (χ4v) is 3.71. The smallest absolute Gasteiger partial charge is 0.309 e. The topological polar surface area (TPSA) is 70.7 Å². The van der Waals surface area contributed by atoms with E-state index >= 15 is 0 Å². The van der Waals surface area contributed by atoms with Crippen molar-refractivity contribution in [3.8, 4) is 0 Å². The molecule has 6 heteroatoms. The SMILES string of the molecule is CCN1CCCc2cc(CCNC(=O)C(=O)NCC3CCCO3)ccc21. The van der Waals surface area contributed by atoms with Gasteiger partial charge in [0.1, 0.15) is 0 Å². The minimum Gasteiger partial charge on any atom is -0.376 e. The van der Waals surface area contributed by atoms with Gasteiger partial charge in [-0.15, -0.1) is 0 Å². The molecule has 0 bridgehead atoms. The van der Waals surface area contributed by atoms with E-state index in [0.717, 1.165) is 45.4 Å². The number of carbonyl (C=O) groups is 2. The minimum atomic E-state index is -0.579. The molecule has 0 aliphatic carbocycles. The van der Waals surface area contributed by atoms with Crippen LogP contribution in [0.4, 0.5) is 5.69 Å². The van der Waals surface area contributed by atoms with Crippen LogP contribution >= 0.6 is 0 Å². The quantitative estimate of drug-likeness (QED) is 0.754. The number of nitrogens with zero attached hydrogens (tertiary/aromatic N) is 1. The van der Waals surface area contributed by atoms with Crippen LogP contribution in [0.1, 0.15) is 37.3 Å². The predicted molar refractivity (Wildman–Crippen MR) is 101 cm³/mol. The van der Waals surface area contributed by atoms with Gasteiger partial charge in [0.25, 0.3) is 0 Å². The van der Waals surface area contributed by atoms with E-state index in [1.807, 2.05) is 0 Å². The Morgan fingerprint density at radius 1 is 1.23 bits per heavy atom. The molecule has 2 aliphatic heterocycles. The van der Waals surface area contributed by atoms with E-state index in [9.17, 15) is 9.59 Å². The summed E-state index contributed by atoms with van der Waals surface area (Å²) in [5.41, 5.74) is 3.91. The summed E-state index contributed by atoms with van der Waals surface area (Å²) in [4.78, 5) is 26.1. The molecule has 0 radical (unpaired) electrons. The largest absolute Gasteiger partial charge is 0.376 e. The number of aryl methyl sites for hydroxylation is 1. The van der Waals surface area contributed by atoms with E-state index in [0.29, 0.717) is 13.1 Å². The van der Waals surface area contributed by atoms with Crippen molar-refractivity contribution < 1.29 is 14.3 Å². The summed E-state index contributed by atoms with van der Waals surface area (Å²) >= 11 is 0. The van der Waals surface area contributed by atoms with Gasteiger partial charge in [0, 0.05) is 38.5 Å². The van der Waals surface area contributed by atoms with Gasteiger partial charge in [0.2, 0.25) is 0 Å². The summed E-state index contributed by atoms with van der Waals surface area (Å²) in [5.74, 6) is -1.15. The lowest BCUT2D eigenvalue weighted by Crippen LogP contribution is -2.43. The molecular formula is C20H29N3O3.